The van der Waals surface area contributed by atoms with Crippen molar-refractivity contribution in [2.24, 2.45) is 5.92 Å². The molecule has 4 heteroatoms. The fourth-order valence-electron chi connectivity index (χ4n) is 3.58. The van der Waals surface area contributed by atoms with Gasteiger partial charge in [-0.1, -0.05) is 55.0 Å². The van der Waals surface area contributed by atoms with Crippen LogP contribution in [0.4, 0.5) is 0 Å². The lowest BCUT2D eigenvalue weighted by molar-refractivity contribution is -0.143. The largest absolute Gasteiger partial charge is 0.466 e. The first-order chi connectivity index (χ1) is 13.2. The predicted molar refractivity (Wildman–Crippen MR) is 108 cm³/mol. The van der Waals surface area contributed by atoms with Gasteiger partial charge >= 0.3 is 5.97 Å². The molecule has 1 amide bonds. The van der Waals surface area contributed by atoms with Gasteiger partial charge in [-0.15, -0.1) is 0 Å². The molecule has 0 bridgehead atoms. The number of rotatable bonds is 10. The number of hydrogen-bond acceptors (Lipinski definition) is 3. The summed E-state index contributed by atoms with van der Waals surface area (Å²) in [5, 5.41) is 2.84. The lowest BCUT2D eigenvalue weighted by Crippen LogP contribution is -2.22. The number of amides is 1. The van der Waals surface area contributed by atoms with Crippen LogP contribution in [0.5, 0.6) is 0 Å². The molecule has 0 radical (unpaired) electrons. The summed E-state index contributed by atoms with van der Waals surface area (Å²) in [6.45, 7) is 2.79. The second-order valence-electron chi connectivity index (χ2n) is 6.91. The molecular formula is C23H31NO3. The molecule has 0 unspecified atom stereocenters. The molecule has 2 rings (SSSR count). The number of carbonyl (C=O) groups excluding carboxylic acids is 2. The van der Waals surface area contributed by atoms with E-state index in [2.05, 4.69) is 41.7 Å². The van der Waals surface area contributed by atoms with Crippen molar-refractivity contribution in [2.75, 3.05) is 13.2 Å². The Labute approximate surface area is 162 Å². The third-order valence-electron chi connectivity index (χ3n) is 4.93. The first kappa shape index (κ1) is 20.9. The van der Waals surface area contributed by atoms with Crippen molar-refractivity contribution in [3.8, 4) is 0 Å². The average molecular weight is 370 g/mol. The Hall–Kier alpha value is -2.36. The summed E-state index contributed by atoms with van der Waals surface area (Å²) in [7, 11) is 0. The Morgan fingerprint density at radius 2 is 1.96 bits per heavy atom. The Morgan fingerprint density at radius 3 is 2.74 bits per heavy atom. The highest BCUT2D eigenvalue weighted by Crippen LogP contribution is 2.40. The van der Waals surface area contributed by atoms with Gasteiger partial charge in [0.2, 0.25) is 5.91 Å². The number of allylic oxidation sites excluding steroid dienone is 3. The number of nitrogens with one attached hydrogen (secondary N) is 1. The molecule has 0 aromatic heterocycles. The Morgan fingerprint density at radius 1 is 1.15 bits per heavy atom. The molecule has 1 aromatic rings. The van der Waals surface area contributed by atoms with Crippen LogP contribution >= 0.6 is 0 Å². The maximum Gasteiger partial charge on any atom is 0.305 e. The Kier molecular flexibility index (Phi) is 9.39. The summed E-state index contributed by atoms with van der Waals surface area (Å²) < 4.78 is 4.87. The van der Waals surface area contributed by atoms with Crippen molar-refractivity contribution in [1.29, 1.82) is 0 Å². The monoisotopic (exact) mass is 369 g/mol. The van der Waals surface area contributed by atoms with Gasteiger partial charge in [0.15, 0.2) is 0 Å². The van der Waals surface area contributed by atoms with E-state index >= 15 is 0 Å². The first-order valence-corrected chi connectivity index (χ1v) is 10.0. The van der Waals surface area contributed by atoms with E-state index in [0.717, 1.165) is 12.8 Å². The van der Waals surface area contributed by atoms with Gasteiger partial charge in [-0.2, -0.15) is 0 Å². The molecule has 146 valence electrons. The minimum absolute atomic E-state index is 0.0955. The SMILES string of the molecule is CCOC(=O)CCCCNC(=O)/C=C/C=C\[C@@H]1CCC[C@H]1c1ccccc1. The van der Waals surface area contributed by atoms with Gasteiger partial charge in [0, 0.05) is 19.0 Å². The van der Waals surface area contributed by atoms with Crippen molar-refractivity contribution >= 4 is 11.9 Å². The summed E-state index contributed by atoms with van der Waals surface area (Å²) in [6.07, 6.45) is 13.2. The van der Waals surface area contributed by atoms with Crippen LogP contribution in [0.25, 0.3) is 0 Å². The second-order valence-corrected chi connectivity index (χ2v) is 6.91. The number of unbranched alkanes of at least 4 members (excludes halogenated alkanes) is 1. The molecule has 1 saturated carbocycles. The van der Waals surface area contributed by atoms with E-state index < -0.39 is 0 Å². The average Bonchev–Trinajstić information content (AvgIpc) is 3.14. The zero-order chi connectivity index (χ0) is 19.3. The second kappa shape index (κ2) is 12.1. The molecule has 1 aliphatic rings. The molecular weight excluding hydrogens is 338 g/mol. The van der Waals surface area contributed by atoms with Crippen molar-refractivity contribution in [3.63, 3.8) is 0 Å². The van der Waals surface area contributed by atoms with E-state index in [1.54, 1.807) is 13.0 Å². The van der Waals surface area contributed by atoms with E-state index in [0.29, 0.717) is 31.4 Å². The van der Waals surface area contributed by atoms with Gasteiger partial charge < -0.3 is 10.1 Å². The predicted octanol–water partition coefficient (Wildman–Crippen LogP) is 4.53. The fraction of sp³-hybridized carbons (Fsp3) is 0.478. The van der Waals surface area contributed by atoms with Crippen LogP contribution < -0.4 is 5.32 Å². The van der Waals surface area contributed by atoms with Gasteiger partial charge in [0.25, 0.3) is 0 Å². The van der Waals surface area contributed by atoms with Gasteiger partial charge in [0.1, 0.15) is 0 Å². The summed E-state index contributed by atoms with van der Waals surface area (Å²) in [5.41, 5.74) is 1.41. The van der Waals surface area contributed by atoms with Gasteiger partial charge in [0.05, 0.1) is 6.61 Å². The quantitative estimate of drug-likeness (QED) is 0.285. The normalized spacial score (nSPS) is 19.6. The minimum Gasteiger partial charge on any atom is -0.466 e. The molecule has 0 saturated heterocycles. The number of benzene rings is 1. The third-order valence-corrected chi connectivity index (χ3v) is 4.93. The molecule has 0 heterocycles. The molecule has 4 nitrogen and oxygen atoms in total. The van der Waals surface area contributed by atoms with Crippen molar-refractivity contribution in [2.45, 2.75) is 51.4 Å². The van der Waals surface area contributed by atoms with Crippen LogP contribution in [0.2, 0.25) is 0 Å². The highest BCUT2D eigenvalue weighted by Gasteiger charge is 2.25. The Balaban J connectivity index is 1.65. The van der Waals surface area contributed by atoms with Crippen LogP contribution in [0.1, 0.15) is 56.9 Å². The van der Waals surface area contributed by atoms with Crippen LogP contribution in [0.3, 0.4) is 0 Å². The van der Waals surface area contributed by atoms with Crippen LogP contribution in [0, 0.1) is 5.92 Å². The van der Waals surface area contributed by atoms with Crippen LogP contribution in [0.15, 0.2) is 54.6 Å². The Bertz CT molecular complexity index is 636. The van der Waals surface area contributed by atoms with Crippen molar-refractivity contribution in [3.05, 3.63) is 60.2 Å². The maximum absolute atomic E-state index is 11.8. The zero-order valence-electron chi connectivity index (χ0n) is 16.2. The van der Waals surface area contributed by atoms with Gasteiger partial charge in [-0.25, -0.2) is 0 Å². The summed E-state index contributed by atoms with van der Waals surface area (Å²) >= 11 is 0. The smallest absolute Gasteiger partial charge is 0.305 e. The lowest BCUT2D eigenvalue weighted by atomic mass is 9.89. The number of ether oxygens (including phenoxy) is 1. The number of carbonyl (C=O) groups is 2. The number of esters is 1. The molecule has 1 N–H and O–H groups in total. The molecule has 1 aromatic carbocycles. The van der Waals surface area contributed by atoms with E-state index in [4.69, 9.17) is 4.74 Å². The van der Waals surface area contributed by atoms with E-state index in [1.807, 2.05) is 12.2 Å². The van der Waals surface area contributed by atoms with Crippen molar-refractivity contribution in [1.82, 2.24) is 5.32 Å². The molecule has 1 aliphatic carbocycles. The molecule has 0 aliphatic heterocycles. The van der Waals surface area contributed by atoms with Crippen LogP contribution in [-0.2, 0) is 14.3 Å². The first-order valence-electron chi connectivity index (χ1n) is 10.0. The minimum atomic E-state index is -0.172. The van der Waals surface area contributed by atoms with Gasteiger partial charge in [-0.05, 0) is 50.0 Å². The molecule has 27 heavy (non-hydrogen) atoms. The zero-order valence-corrected chi connectivity index (χ0v) is 16.2. The van der Waals surface area contributed by atoms with Crippen LogP contribution in [-0.4, -0.2) is 25.0 Å². The topological polar surface area (TPSA) is 55.4 Å². The fourth-order valence-corrected chi connectivity index (χ4v) is 3.58. The molecule has 1 fully saturated rings. The third kappa shape index (κ3) is 7.81. The summed E-state index contributed by atoms with van der Waals surface area (Å²) in [4.78, 5) is 23.0. The molecule has 2 atom stereocenters. The molecule has 0 spiro atoms. The maximum atomic E-state index is 11.8. The highest BCUT2D eigenvalue weighted by molar-refractivity contribution is 5.87. The van der Waals surface area contributed by atoms with Crippen molar-refractivity contribution < 1.29 is 14.3 Å². The lowest BCUT2D eigenvalue weighted by Gasteiger charge is -2.16. The van der Waals surface area contributed by atoms with E-state index in [-0.39, 0.29) is 11.9 Å². The standard InChI is InChI=1S/C23H31NO3/c1-2-27-23(26)17-8-9-18-24-22(25)16-7-6-13-20-14-10-15-21(20)19-11-4-3-5-12-19/h3-7,11-13,16,20-21H,2,8-10,14-15,17-18H2,1H3,(H,24,25)/b13-6-,16-7+/t20-,21+/m1/s1. The van der Waals surface area contributed by atoms with E-state index in [1.165, 1.54) is 24.8 Å². The number of hydrogen-bond donors (Lipinski definition) is 1. The van der Waals surface area contributed by atoms with E-state index in [9.17, 15) is 9.59 Å². The van der Waals surface area contributed by atoms with Gasteiger partial charge in [-0.3, -0.25) is 9.59 Å². The summed E-state index contributed by atoms with van der Waals surface area (Å²) in [5.74, 6) is 0.864. The highest BCUT2D eigenvalue weighted by atomic mass is 16.5. The summed E-state index contributed by atoms with van der Waals surface area (Å²) in [6, 6.07) is 10.7.